The summed E-state index contributed by atoms with van der Waals surface area (Å²) in [5, 5.41) is 4.19. The zero-order valence-electron chi connectivity index (χ0n) is 13.0. The van der Waals surface area contributed by atoms with Crippen LogP contribution in [0.4, 0.5) is 4.39 Å². The van der Waals surface area contributed by atoms with Crippen LogP contribution in [0.1, 0.15) is 34.5 Å². The average molecular weight is 355 g/mol. The van der Waals surface area contributed by atoms with Crippen molar-refractivity contribution < 1.29 is 9.18 Å². The fourth-order valence-corrected chi connectivity index (χ4v) is 4.92. The zero-order chi connectivity index (χ0) is 15.3. The Bertz CT molecular complexity index is 748. The van der Waals surface area contributed by atoms with Gasteiger partial charge in [-0.3, -0.25) is 4.79 Å². The monoisotopic (exact) mass is 354 g/mol. The number of likely N-dealkylation sites (tertiary alicyclic amines) is 1. The van der Waals surface area contributed by atoms with E-state index in [0.717, 1.165) is 36.2 Å². The Balaban J connectivity index is 0.00000156. The van der Waals surface area contributed by atoms with Crippen molar-refractivity contribution in [2.45, 2.75) is 38.3 Å². The fraction of sp³-hybridized carbons (Fsp3) is 0.471. The van der Waals surface area contributed by atoms with Gasteiger partial charge in [0.1, 0.15) is 5.82 Å². The summed E-state index contributed by atoms with van der Waals surface area (Å²) in [7, 11) is 0. The molecule has 23 heavy (non-hydrogen) atoms. The summed E-state index contributed by atoms with van der Waals surface area (Å²) in [6.07, 6.45) is 3.38. The highest BCUT2D eigenvalue weighted by Gasteiger charge is 2.32. The number of aryl methyl sites for hydroxylation is 1. The van der Waals surface area contributed by atoms with Crippen LogP contribution >= 0.6 is 23.7 Å². The molecule has 4 rings (SSSR count). The van der Waals surface area contributed by atoms with Crippen LogP contribution in [0.2, 0.25) is 0 Å². The number of amides is 1. The quantitative estimate of drug-likeness (QED) is 0.846. The van der Waals surface area contributed by atoms with E-state index < -0.39 is 0 Å². The largest absolute Gasteiger partial charge is 0.336 e. The number of hydrogen-bond donors (Lipinski definition) is 1. The van der Waals surface area contributed by atoms with Crippen molar-refractivity contribution in [3.05, 3.63) is 34.5 Å². The second-order valence-corrected chi connectivity index (χ2v) is 7.40. The van der Waals surface area contributed by atoms with Gasteiger partial charge in [0.2, 0.25) is 0 Å². The smallest absolute Gasteiger partial charge is 0.264 e. The molecular weight excluding hydrogens is 335 g/mol. The van der Waals surface area contributed by atoms with Crippen molar-refractivity contribution in [2.24, 2.45) is 0 Å². The molecule has 2 bridgehead atoms. The summed E-state index contributed by atoms with van der Waals surface area (Å²) in [5.74, 6) is -0.172. The Labute approximate surface area is 145 Å². The number of nitrogens with zero attached hydrogens (tertiary/aromatic N) is 1. The van der Waals surface area contributed by atoms with Crippen LogP contribution in [-0.2, 0) is 0 Å². The molecule has 0 aliphatic carbocycles. The third-order valence-electron chi connectivity index (χ3n) is 4.91. The lowest BCUT2D eigenvalue weighted by molar-refractivity contribution is 0.0752. The van der Waals surface area contributed by atoms with Crippen molar-refractivity contribution in [1.29, 1.82) is 0 Å². The first-order valence-corrected chi connectivity index (χ1v) is 8.68. The first-order chi connectivity index (χ1) is 10.6. The molecule has 2 aliphatic heterocycles. The minimum Gasteiger partial charge on any atom is -0.336 e. The fourth-order valence-electron chi connectivity index (χ4n) is 3.73. The van der Waals surface area contributed by atoms with E-state index in [0.29, 0.717) is 22.3 Å². The van der Waals surface area contributed by atoms with Crippen molar-refractivity contribution in [3.63, 3.8) is 0 Å². The summed E-state index contributed by atoms with van der Waals surface area (Å²) in [5.41, 5.74) is 0.783. The number of halogens is 2. The normalized spacial score (nSPS) is 23.7. The van der Waals surface area contributed by atoms with Crippen LogP contribution in [0, 0.1) is 12.7 Å². The Hall–Kier alpha value is -1.17. The van der Waals surface area contributed by atoms with E-state index in [1.807, 2.05) is 17.9 Å². The first-order valence-electron chi connectivity index (χ1n) is 7.86. The molecule has 2 unspecified atom stereocenters. The SMILES string of the molecule is Cc1c(C(=O)N2CCC3CCC(C2)N3)sc2cccc(F)c12.Cl. The summed E-state index contributed by atoms with van der Waals surface area (Å²) in [4.78, 5) is 15.6. The van der Waals surface area contributed by atoms with Gasteiger partial charge in [0.05, 0.1) is 4.88 Å². The zero-order valence-corrected chi connectivity index (χ0v) is 14.6. The minimum atomic E-state index is -0.234. The predicted molar refractivity (Wildman–Crippen MR) is 94.2 cm³/mol. The third-order valence-corrected chi connectivity index (χ3v) is 6.15. The minimum absolute atomic E-state index is 0. The van der Waals surface area contributed by atoms with Gasteiger partial charge in [-0.1, -0.05) is 6.07 Å². The van der Waals surface area contributed by atoms with Gasteiger partial charge in [-0.25, -0.2) is 4.39 Å². The molecule has 0 radical (unpaired) electrons. The maximum absolute atomic E-state index is 14.0. The van der Waals surface area contributed by atoms with Crippen LogP contribution < -0.4 is 5.32 Å². The summed E-state index contributed by atoms with van der Waals surface area (Å²) < 4.78 is 14.9. The number of fused-ring (bicyclic) bond motifs is 3. The topological polar surface area (TPSA) is 32.3 Å². The van der Waals surface area contributed by atoms with Crippen molar-refractivity contribution in [3.8, 4) is 0 Å². The molecule has 1 amide bonds. The van der Waals surface area contributed by atoms with E-state index in [2.05, 4.69) is 5.32 Å². The Morgan fingerprint density at radius 1 is 1.30 bits per heavy atom. The molecule has 0 saturated carbocycles. The van der Waals surface area contributed by atoms with Gasteiger partial charge < -0.3 is 10.2 Å². The molecule has 2 aliphatic rings. The number of thiophene rings is 1. The summed E-state index contributed by atoms with van der Waals surface area (Å²) in [6, 6.07) is 6.03. The number of rotatable bonds is 1. The van der Waals surface area contributed by atoms with Gasteiger partial charge in [0.15, 0.2) is 0 Å². The molecule has 0 spiro atoms. The second-order valence-electron chi connectivity index (χ2n) is 6.35. The molecule has 3 nitrogen and oxygen atoms in total. The van der Waals surface area contributed by atoms with E-state index in [4.69, 9.17) is 0 Å². The highest BCUT2D eigenvalue weighted by atomic mass is 35.5. The van der Waals surface area contributed by atoms with Gasteiger partial charge in [0.25, 0.3) is 5.91 Å². The molecule has 2 atom stereocenters. The molecule has 2 fully saturated rings. The molecule has 2 aromatic rings. The lowest BCUT2D eigenvalue weighted by atomic mass is 10.1. The van der Waals surface area contributed by atoms with E-state index in [-0.39, 0.29) is 24.1 Å². The Morgan fingerprint density at radius 3 is 2.87 bits per heavy atom. The van der Waals surface area contributed by atoms with Gasteiger partial charge in [-0.05, 0) is 43.9 Å². The number of carbonyl (C=O) groups is 1. The summed E-state index contributed by atoms with van der Waals surface area (Å²) >= 11 is 1.42. The van der Waals surface area contributed by atoms with Crippen molar-refractivity contribution in [2.75, 3.05) is 13.1 Å². The Morgan fingerprint density at radius 2 is 2.09 bits per heavy atom. The van der Waals surface area contributed by atoms with E-state index in [9.17, 15) is 9.18 Å². The van der Waals surface area contributed by atoms with E-state index in [1.165, 1.54) is 23.8 Å². The van der Waals surface area contributed by atoms with E-state index in [1.54, 1.807) is 6.07 Å². The molecule has 1 aromatic heterocycles. The first kappa shape index (κ1) is 16.7. The number of carbonyl (C=O) groups excluding carboxylic acids is 1. The molecule has 124 valence electrons. The predicted octanol–water partition coefficient (Wildman–Crippen LogP) is 3.74. The lowest BCUT2D eigenvalue weighted by Gasteiger charge is -2.24. The highest BCUT2D eigenvalue weighted by Crippen LogP contribution is 2.34. The van der Waals surface area contributed by atoms with Crippen LogP contribution in [0.15, 0.2) is 18.2 Å². The van der Waals surface area contributed by atoms with Crippen LogP contribution in [-0.4, -0.2) is 36.0 Å². The average Bonchev–Trinajstić information content (AvgIpc) is 2.99. The third kappa shape index (κ3) is 2.86. The molecule has 1 aromatic carbocycles. The van der Waals surface area contributed by atoms with E-state index >= 15 is 0 Å². The molecule has 3 heterocycles. The molecule has 1 N–H and O–H groups in total. The second kappa shape index (κ2) is 6.38. The van der Waals surface area contributed by atoms with Crippen LogP contribution in [0.25, 0.3) is 10.1 Å². The molecular formula is C17H20ClFN2OS. The number of hydrogen-bond acceptors (Lipinski definition) is 3. The van der Waals surface area contributed by atoms with Crippen molar-refractivity contribution in [1.82, 2.24) is 10.2 Å². The molecule has 2 saturated heterocycles. The van der Waals surface area contributed by atoms with Gasteiger partial charge in [-0.15, -0.1) is 23.7 Å². The number of benzene rings is 1. The van der Waals surface area contributed by atoms with Crippen molar-refractivity contribution >= 4 is 39.7 Å². The van der Waals surface area contributed by atoms with Gasteiger partial charge in [-0.2, -0.15) is 0 Å². The maximum Gasteiger partial charge on any atom is 0.264 e. The highest BCUT2D eigenvalue weighted by molar-refractivity contribution is 7.21. The van der Waals surface area contributed by atoms with Gasteiger partial charge >= 0.3 is 0 Å². The maximum atomic E-state index is 14.0. The Kier molecular flexibility index (Phi) is 4.63. The van der Waals surface area contributed by atoms with Crippen LogP contribution in [0.5, 0.6) is 0 Å². The lowest BCUT2D eigenvalue weighted by Crippen LogP contribution is -2.38. The standard InChI is InChI=1S/C17H19FN2OS.ClH/c1-10-15-13(18)3-2-4-14(15)22-16(10)17(21)20-8-7-11-5-6-12(9-20)19-11;/h2-4,11-12,19H,5-9H2,1H3;1H. The summed E-state index contributed by atoms with van der Waals surface area (Å²) in [6.45, 7) is 3.42. The molecule has 6 heteroatoms. The number of nitrogens with one attached hydrogen (secondary N) is 1. The van der Waals surface area contributed by atoms with Gasteiger partial charge in [0, 0.05) is 35.3 Å². The van der Waals surface area contributed by atoms with Crippen LogP contribution in [0.3, 0.4) is 0 Å².